The van der Waals surface area contributed by atoms with Crippen LogP contribution in [0.2, 0.25) is 0 Å². The van der Waals surface area contributed by atoms with Crippen molar-refractivity contribution in [3.8, 4) is 0 Å². The summed E-state index contributed by atoms with van der Waals surface area (Å²) < 4.78 is 22.7. The van der Waals surface area contributed by atoms with E-state index in [0.29, 0.717) is 13.1 Å². The van der Waals surface area contributed by atoms with Crippen LogP contribution >= 0.6 is 0 Å². The molecule has 1 rings (SSSR count). The van der Waals surface area contributed by atoms with E-state index in [4.69, 9.17) is 0 Å². The third kappa shape index (κ3) is 5.83. The maximum atomic E-state index is 11.5. The van der Waals surface area contributed by atoms with E-state index < -0.39 is 9.84 Å². The molecule has 1 atom stereocenters. The first-order chi connectivity index (χ1) is 7.89. The molecule has 1 amide bonds. The number of amides is 1. The van der Waals surface area contributed by atoms with Gasteiger partial charge in [-0.25, -0.2) is 8.42 Å². The molecule has 0 saturated carbocycles. The lowest BCUT2D eigenvalue weighted by molar-refractivity contribution is -0.121. The van der Waals surface area contributed by atoms with Crippen LogP contribution in [0.1, 0.15) is 20.3 Å². The Hall–Kier alpha value is -0.880. The van der Waals surface area contributed by atoms with Crippen LogP contribution < -0.4 is 10.6 Å². The summed E-state index contributed by atoms with van der Waals surface area (Å²) >= 11 is 0. The van der Waals surface area contributed by atoms with Crippen LogP contribution in [0.25, 0.3) is 0 Å². The highest BCUT2D eigenvalue weighted by atomic mass is 32.2. The first kappa shape index (κ1) is 14.2. The molecule has 1 aliphatic rings. The first-order valence-electron chi connectivity index (χ1n) is 5.73. The predicted octanol–water partition coefficient (Wildman–Crippen LogP) is -0.154. The quantitative estimate of drug-likeness (QED) is 0.689. The second-order valence-electron chi connectivity index (χ2n) is 4.56. The Morgan fingerprint density at radius 1 is 1.47 bits per heavy atom. The fraction of sp³-hybridized carbons (Fsp3) is 0.727. The average Bonchev–Trinajstić information content (AvgIpc) is 2.14. The number of carbonyl (C=O) groups excluding carboxylic acids is 1. The highest BCUT2D eigenvalue weighted by molar-refractivity contribution is 7.91. The summed E-state index contributed by atoms with van der Waals surface area (Å²) in [6.07, 6.45) is 2.14. The Morgan fingerprint density at radius 3 is 2.76 bits per heavy atom. The van der Waals surface area contributed by atoms with Crippen LogP contribution in [0.4, 0.5) is 0 Å². The van der Waals surface area contributed by atoms with Gasteiger partial charge in [0, 0.05) is 25.6 Å². The van der Waals surface area contributed by atoms with Crippen molar-refractivity contribution in [1.29, 1.82) is 0 Å². The van der Waals surface area contributed by atoms with Gasteiger partial charge >= 0.3 is 0 Å². The Morgan fingerprint density at radius 2 is 2.18 bits per heavy atom. The Bertz CT molecular complexity index is 397. The van der Waals surface area contributed by atoms with Crippen molar-refractivity contribution in [2.45, 2.75) is 26.3 Å². The van der Waals surface area contributed by atoms with Gasteiger partial charge < -0.3 is 10.6 Å². The number of allylic oxidation sites excluding steroid dienone is 1. The van der Waals surface area contributed by atoms with Gasteiger partial charge in [0.05, 0.1) is 11.5 Å². The zero-order valence-corrected chi connectivity index (χ0v) is 11.1. The number of hydrogen-bond donors (Lipinski definition) is 2. The molecule has 2 N–H and O–H groups in total. The van der Waals surface area contributed by atoms with E-state index in [1.165, 1.54) is 0 Å². The van der Waals surface area contributed by atoms with Gasteiger partial charge in [0.15, 0.2) is 9.84 Å². The van der Waals surface area contributed by atoms with Gasteiger partial charge in [0.25, 0.3) is 0 Å². The summed E-state index contributed by atoms with van der Waals surface area (Å²) in [5, 5.41) is 5.79. The number of nitrogens with one attached hydrogen (secondary N) is 2. The van der Waals surface area contributed by atoms with Crippen molar-refractivity contribution in [1.82, 2.24) is 10.6 Å². The molecule has 1 fully saturated rings. The molecule has 1 heterocycles. The molecule has 5 nitrogen and oxygen atoms in total. The van der Waals surface area contributed by atoms with Crippen molar-refractivity contribution in [3.05, 3.63) is 11.6 Å². The van der Waals surface area contributed by atoms with E-state index >= 15 is 0 Å². The Labute approximate surface area is 103 Å². The SMILES string of the molecule is CC(C)=CCNC(=O)CC1CS(=O)(=O)CCN1. The van der Waals surface area contributed by atoms with Crippen LogP contribution in [0.15, 0.2) is 11.6 Å². The summed E-state index contributed by atoms with van der Waals surface area (Å²) in [4.78, 5) is 11.5. The molecule has 0 spiro atoms. The standard InChI is InChI=1S/C11H20N2O3S/c1-9(2)3-4-13-11(14)7-10-8-17(15,16)6-5-12-10/h3,10,12H,4-8H2,1-2H3,(H,13,14). The van der Waals surface area contributed by atoms with Gasteiger partial charge in [0.1, 0.15) is 0 Å². The van der Waals surface area contributed by atoms with Crippen molar-refractivity contribution in [2.24, 2.45) is 0 Å². The zero-order valence-electron chi connectivity index (χ0n) is 10.3. The van der Waals surface area contributed by atoms with E-state index in [9.17, 15) is 13.2 Å². The first-order valence-corrected chi connectivity index (χ1v) is 7.55. The van der Waals surface area contributed by atoms with Gasteiger partial charge in [-0.05, 0) is 13.8 Å². The number of sulfone groups is 1. The molecule has 1 aliphatic heterocycles. The van der Waals surface area contributed by atoms with E-state index in [1.54, 1.807) is 0 Å². The minimum absolute atomic E-state index is 0.0586. The second-order valence-corrected chi connectivity index (χ2v) is 6.78. The molecule has 0 aromatic carbocycles. The summed E-state index contributed by atoms with van der Waals surface area (Å²) in [6.45, 7) is 4.86. The van der Waals surface area contributed by atoms with Crippen LogP contribution in [-0.2, 0) is 14.6 Å². The molecule has 1 saturated heterocycles. The zero-order chi connectivity index (χ0) is 12.9. The predicted molar refractivity (Wildman–Crippen MR) is 67.5 cm³/mol. The highest BCUT2D eigenvalue weighted by Crippen LogP contribution is 2.04. The largest absolute Gasteiger partial charge is 0.353 e. The fourth-order valence-electron chi connectivity index (χ4n) is 1.66. The van der Waals surface area contributed by atoms with Crippen LogP contribution in [-0.4, -0.2) is 45.0 Å². The lowest BCUT2D eigenvalue weighted by atomic mass is 10.2. The van der Waals surface area contributed by atoms with Gasteiger partial charge in [-0.3, -0.25) is 4.79 Å². The summed E-state index contributed by atoms with van der Waals surface area (Å²) in [5.41, 5.74) is 1.14. The average molecular weight is 260 g/mol. The van der Waals surface area contributed by atoms with Crippen LogP contribution in [0.5, 0.6) is 0 Å². The topological polar surface area (TPSA) is 75.3 Å². The van der Waals surface area contributed by atoms with E-state index in [-0.39, 0.29) is 29.9 Å². The monoisotopic (exact) mass is 260 g/mol. The molecule has 0 aromatic heterocycles. The molecule has 6 heteroatoms. The second kappa shape index (κ2) is 6.16. The third-order valence-corrected chi connectivity index (χ3v) is 4.28. The Balaban J connectivity index is 2.34. The smallest absolute Gasteiger partial charge is 0.221 e. The summed E-state index contributed by atoms with van der Waals surface area (Å²) in [6, 6.07) is -0.250. The lowest BCUT2D eigenvalue weighted by Gasteiger charge is -2.22. The number of rotatable bonds is 4. The van der Waals surface area contributed by atoms with Crippen molar-refractivity contribution < 1.29 is 13.2 Å². The van der Waals surface area contributed by atoms with E-state index in [0.717, 1.165) is 5.57 Å². The molecular weight excluding hydrogens is 240 g/mol. The minimum Gasteiger partial charge on any atom is -0.353 e. The number of carbonyl (C=O) groups is 1. The van der Waals surface area contributed by atoms with Gasteiger partial charge in [-0.2, -0.15) is 0 Å². The van der Waals surface area contributed by atoms with Crippen molar-refractivity contribution >= 4 is 15.7 Å². The maximum Gasteiger partial charge on any atom is 0.221 e. The molecule has 0 aliphatic carbocycles. The van der Waals surface area contributed by atoms with E-state index in [2.05, 4.69) is 10.6 Å². The molecule has 0 bridgehead atoms. The van der Waals surface area contributed by atoms with Gasteiger partial charge in [-0.15, -0.1) is 0 Å². The van der Waals surface area contributed by atoms with Crippen molar-refractivity contribution in [2.75, 3.05) is 24.6 Å². The molecule has 0 radical (unpaired) electrons. The maximum absolute atomic E-state index is 11.5. The molecule has 1 unspecified atom stereocenters. The molecular formula is C11H20N2O3S. The summed E-state index contributed by atoms with van der Waals surface area (Å²) in [5.74, 6) is 0.114. The summed E-state index contributed by atoms with van der Waals surface area (Å²) in [7, 11) is -2.97. The van der Waals surface area contributed by atoms with Crippen LogP contribution in [0.3, 0.4) is 0 Å². The highest BCUT2D eigenvalue weighted by Gasteiger charge is 2.25. The normalized spacial score (nSPS) is 22.8. The lowest BCUT2D eigenvalue weighted by Crippen LogP contribution is -2.47. The molecule has 0 aromatic rings. The van der Waals surface area contributed by atoms with Gasteiger partial charge in [0.2, 0.25) is 5.91 Å². The van der Waals surface area contributed by atoms with Gasteiger partial charge in [-0.1, -0.05) is 11.6 Å². The molecule has 98 valence electrons. The minimum atomic E-state index is -2.97. The Kier molecular flexibility index (Phi) is 5.14. The van der Waals surface area contributed by atoms with Crippen LogP contribution in [0, 0.1) is 0 Å². The van der Waals surface area contributed by atoms with Crippen molar-refractivity contribution in [3.63, 3.8) is 0 Å². The fourth-order valence-corrected chi connectivity index (χ4v) is 3.11. The third-order valence-electron chi connectivity index (χ3n) is 2.54. The molecule has 17 heavy (non-hydrogen) atoms. The number of hydrogen-bond acceptors (Lipinski definition) is 4. The van der Waals surface area contributed by atoms with E-state index in [1.807, 2.05) is 19.9 Å².